The highest BCUT2D eigenvalue weighted by Crippen LogP contribution is 2.52. The van der Waals surface area contributed by atoms with Crippen LogP contribution in [0.1, 0.15) is 0 Å². The molecular weight excluding hydrogens is 601 g/mol. The summed E-state index contributed by atoms with van der Waals surface area (Å²) in [5.74, 6) is 0. The van der Waals surface area contributed by atoms with Crippen LogP contribution in [0.2, 0.25) is 0 Å². The topological polar surface area (TPSA) is 0 Å². The standard InChI is InChI=1S/C50H30/c1-3-13-32(14-4-1)42-25-36-27-45-40-20-11-21-41-48-29-44(35-23-22-31-12-7-8-17-34(31)24-35)38-18-9-10-19-39(38)47(48)30-49(50(40)41)46(45)28-37(36)26-43(42)33-15-5-2-6-16-33/h1-30H. The van der Waals surface area contributed by atoms with Crippen molar-refractivity contribution in [2.45, 2.75) is 0 Å². The summed E-state index contributed by atoms with van der Waals surface area (Å²) in [6, 6.07) is 67.6. The molecule has 0 nitrogen and oxygen atoms in total. The summed E-state index contributed by atoms with van der Waals surface area (Å²) in [6.07, 6.45) is 0. The Morgan fingerprint density at radius 2 is 0.740 bits per heavy atom. The molecule has 0 saturated heterocycles. The molecule has 0 amide bonds. The van der Waals surface area contributed by atoms with E-state index in [-0.39, 0.29) is 0 Å². The number of fused-ring (bicyclic) bond motifs is 9. The van der Waals surface area contributed by atoms with E-state index in [1.165, 1.54) is 109 Å². The average Bonchev–Trinajstić information content (AvgIpc) is 3.49. The van der Waals surface area contributed by atoms with Gasteiger partial charge in [-0.25, -0.2) is 0 Å². The molecule has 0 heteroatoms. The normalized spacial score (nSPS) is 12.0. The van der Waals surface area contributed by atoms with Crippen LogP contribution >= 0.6 is 0 Å². The number of hydrogen-bond acceptors (Lipinski definition) is 0. The molecule has 0 saturated carbocycles. The molecule has 0 aromatic heterocycles. The summed E-state index contributed by atoms with van der Waals surface area (Å²) in [6.45, 7) is 0. The third kappa shape index (κ3) is 4.00. The summed E-state index contributed by atoms with van der Waals surface area (Å²) in [4.78, 5) is 0. The first-order valence-electron chi connectivity index (χ1n) is 17.4. The molecule has 0 unspecified atom stereocenters. The van der Waals surface area contributed by atoms with E-state index in [0.717, 1.165) is 0 Å². The molecule has 0 radical (unpaired) electrons. The largest absolute Gasteiger partial charge is 0.0622 e. The minimum Gasteiger partial charge on any atom is -0.0622 e. The van der Waals surface area contributed by atoms with Crippen LogP contribution in [0.4, 0.5) is 0 Å². The summed E-state index contributed by atoms with van der Waals surface area (Å²) in [7, 11) is 0. The van der Waals surface area contributed by atoms with E-state index in [0.29, 0.717) is 0 Å². The van der Waals surface area contributed by atoms with Gasteiger partial charge in [-0.2, -0.15) is 0 Å². The second kappa shape index (κ2) is 10.5. The van der Waals surface area contributed by atoms with Crippen LogP contribution in [0.5, 0.6) is 0 Å². The van der Waals surface area contributed by atoms with Crippen molar-refractivity contribution in [1.82, 2.24) is 0 Å². The van der Waals surface area contributed by atoms with Crippen molar-refractivity contribution >= 4 is 53.9 Å². The van der Waals surface area contributed by atoms with E-state index >= 15 is 0 Å². The molecule has 10 aromatic carbocycles. The van der Waals surface area contributed by atoms with Crippen LogP contribution in [0.15, 0.2) is 182 Å². The van der Waals surface area contributed by atoms with E-state index < -0.39 is 0 Å². The van der Waals surface area contributed by atoms with Gasteiger partial charge in [0, 0.05) is 0 Å². The zero-order valence-corrected chi connectivity index (χ0v) is 27.3. The zero-order valence-electron chi connectivity index (χ0n) is 27.3. The fraction of sp³-hybridized carbons (Fsp3) is 0. The predicted molar refractivity (Wildman–Crippen MR) is 215 cm³/mol. The smallest absolute Gasteiger partial charge is 0.00199 e. The Balaban J connectivity index is 1.19. The minimum absolute atomic E-state index is 1.24. The third-order valence-electron chi connectivity index (χ3n) is 10.9. The van der Waals surface area contributed by atoms with Gasteiger partial charge in [-0.3, -0.25) is 0 Å². The van der Waals surface area contributed by atoms with Gasteiger partial charge in [0.1, 0.15) is 0 Å². The van der Waals surface area contributed by atoms with Crippen LogP contribution in [-0.2, 0) is 0 Å². The van der Waals surface area contributed by atoms with Crippen molar-refractivity contribution < 1.29 is 0 Å². The minimum atomic E-state index is 1.24. The highest BCUT2D eigenvalue weighted by Gasteiger charge is 2.25. The molecule has 50 heavy (non-hydrogen) atoms. The predicted octanol–water partition coefficient (Wildman–Crippen LogP) is 14.1. The highest BCUT2D eigenvalue weighted by molar-refractivity contribution is 6.29. The van der Waals surface area contributed by atoms with Gasteiger partial charge in [0.15, 0.2) is 0 Å². The quantitative estimate of drug-likeness (QED) is 0.170. The van der Waals surface area contributed by atoms with Crippen LogP contribution in [0.25, 0.3) is 109 Å². The van der Waals surface area contributed by atoms with Crippen molar-refractivity contribution in [3.05, 3.63) is 182 Å². The molecule has 1 aliphatic carbocycles. The average molecular weight is 631 g/mol. The van der Waals surface area contributed by atoms with E-state index in [1.807, 2.05) is 0 Å². The van der Waals surface area contributed by atoms with Gasteiger partial charge in [-0.15, -0.1) is 0 Å². The van der Waals surface area contributed by atoms with Crippen molar-refractivity contribution in [2.24, 2.45) is 0 Å². The van der Waals surface area contributed by atoms with E-state index in [1.54, 1.807) is 0 Å². The summed E-state index contributed by atoms with van der Waals surface area (Å²) in [5, 5.41) is 12.9. The maximum Gasteiger partial charge on any atom is -0.00199 e. The van der Waals surface area contributed by atoms with Crippen molar-refractivity contribution in [2.75, 3.05) is 0 Å². The van der Waals surface area contributed by atoms with Crippen molar-refractivity contribution in [1.29, 1.82) is 0 Å². The first-order chi connectivity index (χ1) is 24.8. The van der Waals surface area contributed by atoms with Gasteiger partial charge in [0.2, 0.25) is 0 Å². The van der Waals surface area contributed by atoms with Gasteiger partial charge in [0.25, 0.3) is 0 Å². The van der Waals surface area contributed by atoms with Crippen LogP contribution < -0.4 is 0 Å². The first kappa shape index (κ1) is 27.5. The van der Waals surface area contributed by atoms with E-state index in [9.17, 15) is 0 Å². The molecule has 0 atom stereocenters. The number of hydrogen-bond donors (Lipinski definition) is 0. The van der Waals surface area contributed by atoms with Crippen LogP contribution in [-0.4, -0.2) is 0 Å². The summed E-state index contributed by atoms with van der Waals surface area (Å²) in [5.41, 5.74) is 12.8. The molecule has 230 valence electrons. The lowest BCUT2D eigenvalue weighted by Crippen LogP contribution is -1.88. The SMILES string of the molecule is c1ccc(-c2cc3cc4c(cc3cc2-c2ccccc2)-c2cc3c5ccccc5c(-c5ccc6ccccc6c5)cc3c3cccc-4c23)cc1. The van der Waals surface area contributed by atoms with Gasteiger partial charge in [-0.05, 0) is 152 Å². The molecular formula is C50H30. The lowest BCUT2D eigenvalue weighted by molar-refractivity contribution is 1.60. The maximum absolute atomic E-state index is 2.47. The van der Waals surface area contributed by atoms with Gasteiger partial charge in [0.05, 0.1) is 0 Å². The van der Waals surface area contributed by atoms with Crippen LogP contribution in [0, 0.1) is 0 Å². The molecule has 0 bridgehead atoms. The summed E-state index contributed by atoms with van der Waals surface area (Å²) < 4.78 is 0. The monoisotopic (exact) mass is 630 g/mol. The molecule has 0 fully saturated rings. The maximum atomic E-state index is 2.47. The molecule has 0 aliphatic heterocycles. The third-order valence-corrected chi connectivity index (χ3v) is 10.9. The van der Waals surface area contributed by atoms with Gasteiger partial charge >= 0.3 is 0 Å². The number of benzene rings is 10. The second-order valence-corrected chi connectivity index (χ2v) is 13.7. The number of rotatable bonds is 3. The Bertz CT molecular complexity index is 3000. The van der Waals surface area contributed by atoms with Crippen molar-refractivity contribution in [3.63, 3.8) is 0 Å². The molecule has 11 rings (SSSR count). The van der Waals surface area contributed by atoms with E-state index in [4.69, 9.17) is 0 Å². The fourth-order valence-electron chi connectivity index (χ4n) is 8.60. The Hall–Kier alpha value is -6.50. The van der Waals surface area contributed by atoms with E-state index in [2.05, 4.69) is 182 Å². The lowest BCUT2D eigenvalue weighted by Gasteiger charge is -2.15. The molecule has 10 aromatic rings. The van der Waals surface area contributed by atoms with Crippen molar-refractivity contribution in [3.8, 4) is 55.6 Å². The Morgan fingerprint density at radius 1 is 0.200 bits per heavy atom. The van der Waals surface area contributed by atoms with Gasteiger partial charge < -0.3 is 0 Å². The Kier molecular flexibility index (Phi) is 5.76. The van der Waals surface area contributed by atoms with Crippen LogP contribution in [0.3, 0.4) is 0 Å². The first-order valence-corrected chi connectivity index (χ1v) is 17.4. The second-order valence-electron chi connectivity index (χ2n) is 13.7. The molecule has 0 heterocycles. The summed E-state index contributed by atoms with van der Waals surface area (Å²) >= 11 is 0. The molecule has 1 aliphatic rings. The fourth-order valence-corrected chi connectivity index (χ4v) is 8.60. The highest BCUT2D eigenvalue weighted by atomic mass is 14.3. The Morgan fingerprint density at radius 3 is 1.46 bits per heavy atom. The molecule has 0 N–H and O–H groups in total. The molecule has 0 spiro atoms. The van der Waals surface area contributed by atoms with Gasteiger partial charge in [-0.1, -0.05) is 140 Å². The zero-order chi connectivity index (χ0) is 32.8. The lowest BCUT2D eigenvalue weighted by atomic mass is 9.88. The Labute approximate surface area is 290 Å².